The zero-order chi connectivity index (χ0) is 26.1. The summed E-state index contributed by atoms with van der Waals surface area (Å²) in [6, 6.07) is 18.8. The second-order valence-electron chi connectivity index (χ2n) is 8.65. The fraction of sp³-hybridized carbons (Fsp3) is 0.143. The Hall–Kier alpha value is -4.92. The molecule has 2 N–H and O–H groups in total. The quantitative estimate of drug-likeness (QED) is 0.125. The van der Waals surface area contributed by atoms with Crippen LogP contribution in [0, 0.1) is 10.1 Å². The van der Waals surface area contributed by atoms with Gasteiger partial charge in [-0.15, -0.1) is 0 Å². The van der Waals surface area contributed by atoms with Crippen molar-refractivity contribution in [3.8, 4) is 5.75 Å². The zero-order valence-electron chi connectivity index (χ0n) is 19.9. The zero-order valence-corrected chi connectivity index (χ0v) is 19.9. The molecule has 1 unspecified atom stereocenters. The number of H-pyrrole nitrogens is 1. The number of ketones is 1. The van der Waals surface area contributed by atoms with Crippen LogP contribution >= 0.6 is 0 Å². The molecule has 1 fully saturated rings. The average Bonchev–Trinajstić information content (AvgIpc) is 3.44. The van der Waals surface area contributed by atoms with E-state index in [1.807, 2.05) is 24.4 Å². The van der Waals surface area contributed by atoms with Crippen LogP contribution in [0.4, 0.5) is 5.69 Å². The maximum atomic E-state index is 13.3. The molecular formula is C28H23N3O6. The Kier molecular flexibility index (Phi) is 6.19. The number of para-hydroxylation sites is 1. The van der Waals surface area contributed by atoms with Gasteiger partial charge < -0.3 is 19.7 Å². The Bertz CT molecular complexity index is 1560. The number of hydrogen-bond acceptors (Lipinski definition) is 6. The molecule has 1 saturated heterocycles. The van der Waals surface area contributed by atoms with Crippen molar-refractivity contribution in [3.63, 3.8) is 0 Å². The third-order valence-electron chi connectivity index (χ3n) is 6.61. The number of aliphatic hydroxyl groups excluding tert-OH is 1. The van der Waals surface area contributed by atoms with E-state index in [0.717, 1.165) is 16.5 Å². The highest BCUT2D eigenvalue weighted by atomic mass is 16.6. The summed E-state index contributed by atoms with van der Waals surface area (Å²) in [5.41, 5.74) is 1.86. The molecule has 1 aliphatic heterocycles. The van der Waals surface area contributed by atoms with Crippen molar-refractivity contribution in [1.82, 2.24) is 9.88 Å². The van der Waals surface area contributed by atoms with E-state index in [1.54, 1.807) is 43.5 Å². The van der Waals surface area contributed by atoms with Crippen LogP contribution in [-0.2, 0) is 16.0 Å². The van der Waals surface area contributed by atoms with Crippen molar-refractivity contribution < 1.29 is 24.4 Å². The van der Waals surface area contributed by atoms with E-state index in [1.165, 1.54) is 23.1 Å². The predicted octanol–water partition coefficient (Wildman–Crippen LogP) is 4.75. The molecule has 0 spiro atoms. The normalized spacial score (nSPS) is 16.9. The van der Waals surface area contributed by atoms with Gasteiger partial charge in [0.25, 0.3) is 17.4 Å². The summed E-state index contributed by atoms with van der Waals surface area (Å²) in [5, 5.41) is 23.9. The molecule has 1 atom stereocenters. The van der Waals surface area contributed by atoms with Gasteiger partial charge in [0.2, 0.25) is 0 Å². The van der Waals surface area contributed by atoms with Crippen LogP contribution in [0.5, 0.6) is 5.75 Å². The lowest BCUT2D eigenvalue weighted by molar-refractivity contribution is -0.385. The monoisotopic (exact) mass is 497 g/mol. The van der Waals surface area contributed by atoms with Gasteiger partial charge >= 0.3 is 0 Å². The van der Waals surface area contributed by atoms with Crippen LogP contribution in [0.3, 0.4) is 0 Å². The Morgan fingerprint density at radius 3 is 2.54 bits per heavy atom. The van der Waals surface area contributed by atoms with Gasteiger partial charge in [0.05, 0.1) is 29.2 Å². The number of amides is 1. The van der Waals surface area contributed by atoms with E-state index in [-0.39, 0.29) is 29.1 Å². The molecule has 37 heavy (non-hydrogen) atoms. The van der Waals surface area contributed by atoms with Crippen molar-refractivity contribution in [2.24, 2.45) is 0 Å². The number of likely N-dealkylation sites (tertiary alicyclic amines) is 1. The molecule has 0 bridgehead atoms. The highest BCUT2D eigenvalue weighted by Crippen LogP contribution is 2.42. The topological polar surface area (TPSA) is 126 Å². The van der Waals surface area contributed by atoms with E-state index in [0.29, 0.717) is 17.7 Å². The van der Waals surface area contributed by atoms with Gasteiger partial charge in [-0.1, -0.05) is 42.5 Å². The molecule has 1 aromatic heterocycles. The van der Waals surface area contributed by atoms with E-state index < -0.39 is 22.7 Å². The lowest BCUT2D eigenvalue weighted by Crippen LogP contribution is -2.32. The van der Waals surface area contributed by atoms with Crippen LogP contribution < -0.4 is 4.74 Å². The second kappa shape index (κ2) is 9.62. The standard InChI is InChI=1S/C28H23N3O6/c1-37-19-11-12-22-21(15-19)18(16-29-22)13-14-30-25(20-9-5-6-10-23(20)31(35)36)24(27(33)28(30)34)26(32)17-7-3-2-4-8-17/h2-12,15-16,25,29,32H,13-14H2,1H3/b26-24-. The first-order valence-electron chi connectivity index (χ1n) is 11.6. The van der Waals surface area contributed by atoms with Gasteiger partial charge in [-0.25, -0.2) is 0 Å². The van der Waals surface area contributed by atoms with E-state index >= 15 is 0 Å². The van der Waals surface area contributed by atoms with Crippen molar-refractivity contribution >= 4 is 34.0 Å². The molecule has 2 heterocycles. The maximum Gasteiger partial charge on any atom is 0.295 e. The average molecular weight is 498 g/mol. The number of benzene rings is 3. The highest BCUT2D eigenvalue weighted by Gasteiger charge is 2.47. The molecular weight excluding hydrogens is 474 g/mol. The van der Waals surface area contributed by atoms with Crippen molar-refractivity contribution in [2.75, 3.05) is 13.7 Å². The number of carbonyl (C=O) groups is 2. The first kappa shape index (κ1) is 23.8. The molecule has 9 heteroatoms. The highest BCUT2D eigenvalue weighted by molar-refractivity contribution is 6.46. The maximum absolute atomic E-state index is 13.3. The number of nitrogens with one attached hydrogen (secondary N) is 1. The molecule has 0 aliphatic carbocycles. The fourth-order valence-electron chi connectivity index (χ4n) is 4.80. The number of hydrogen-bond donors (Lipinski definition) is 2. The minimum Gasteiger partial charge on any atom is -0.507 e. The minimum absolute atomic E-state index is 0.0943. The van der Waals surface area contributed by atoms with Crippen LogP contribution in [0.25, 0.3) is 16.7 Å². The van der Waals surface area contributed by atoms with Crippen molar-refractivity contribution in [1.29, 1.82) is 0 Å². The Morgan fingerprint density at radius 2 is 1.81 bits per heavy atom. The van der Waals surface area contributed by atoms with Gasteiger partial charge in [0, 0.05) is 35.3 Å². The molecule has 1 amide bonds. The van der Waals surface area contributed by atoms with Gasteiger partial charge in [-0.2, -0.15) is 0 Å². The van der Waals surface area contributed by atoms with Gasteiger partial charge in [-0.3, -0.25) is 19.7 Å². The lowest BCUT2D eigenvalue weighted by Gasteiger charge is -2.25. The van der Waals surface area contributed by atoms with E-state index in [9.17, 15) is 24.8 Å². The minimum atomic E-state index is -1.12. The fourth-order valence-corrected chi connectivity index (χ4v) is 4.80. The molecule has 9 nitrogen and oxygen atoms in total. The van der Waals surface area contributed by atoms with Gasteiger partial charge in [0.1, 0.15) is 11.5 Å². The molecule has 5 rings (SSSR count). The molecule has 1 aliphatic rings. The van der Waals surface area contributed by atoms with Crippen molar-refractivity contribution in [3.05, 3.63) is 111 Å². The summed E-state index contributed by atoms with van der Waals surface area (Å²) in [6.45, 7) is 0.0943. The number of aliphatic hydroxyl groups is 1. The Labute approximate surface area is 211 Å². The summed E-state index contributed by atoms with van der Waals surface area (Å²) in [7, 11) is 1.58. The number of methoxy groups -OCH3 is 1. The molecule has 0 radical (unpaired) electrons. The summed E-state index contributed by atoms with van der Waals surface area (Å²) in [4.78, 5) is 42.3. The van der Waals surface area contributed by atoms with Gasteiger partial charge in [0.15, 0.2) is 0 Å². The summed E-state index contributed by atoms with van der Waals surface area (Å²) in [6.07, 6.45) is 2.19. The number of aromatic amines is 1. The number of nitro benzene ring substituents is 1. The Morgan fingerprint density at radius 1 is 1.08 bits per heavy atom. The third kappa shape index (κ3) is 4.20. The molecule has 0 saturated carbocycles. The predicted molar refractivity (Wildman–Crippen MR) is 137 cm³/mol. The van der Waals surface area contributed by atoms with Crippen LogP contribution in [-0.4, -0.2) is 45.3 Å². The first-order chi connectivity index (χ1) is 17.9. The number of ether oxygens (including phenoxy) is 1. The summed E-state index contributed by atoms with van der Waals surface area (Å²) in [5.74, 6) is -1.40. The summed E-state index contributed by atoms with van der Waals surface area (Å²) < 4.78 is 5.33. The smallest absolute Gasteiger partial charge is 0.295 e. The number of nitro groups is 1. The number of fused-ring (bicyclic) bond motifs is 1. The number of Topliss-reactive ketones (excluding diaryl/α,β-unsaturated/α-hetero) is 1. The van der Waals surface area contributed by atoms with Crippen LogP contribution in [0.1, 0.15) is 22.7 Å². The summed E-state index contributed by atoms with van der Waals surface area (Å²) >= 11 is 0. The van der Waals surface area contributed by atoms with Gasteiger partial charge in [-0.05, 0) is 36.2 Å². The SMILES string of the molecule is COc1ccc2[nH]cc(CCN3C(=O)C(=O)/C(=C(\O)c4ccccc4)C3c3ccccc3[N+](=O)[O-])c2c1. The third-order valence-corrected chi connectivity index (χ3v) is 6.61. The van der Waals surface area contributed by atoms with Crippen LogP contribution in [0.15, 0.2) is 84.6 Å². The van der Waals surface area contributed by atoms with Crippen molar-refractivity contribution in [2.45, 2.75) is 12.5 Å². The molecule has 4 aromatic rings. The van der Waals surface area contributed by atoms with E-state index in [2.05, 4.69) is 4.98 Å². The lowest BCUT2D eigenvalue weighted by atomic mass is 9.94. The number of carbonyl (C=O) groups excluding carboxylic acids is 2. The molecule has 186 valence electrons. The second-order valence-corrected chi connectivity index (χ2v) is 8.65. The number of aromatic nitrogens is 1. The van der Waals surface area contributed by atoms with Crippen LogP contribution in [0.2, 0.25) is 0 Å². The largest absolute Gasteiger partial charge is 0.507 e. The number of rotatable bonds is 7. The van der Waals surface area contributed by atoms with E-state index in [4.69, 9.17) is 4.74 Å². The number of nitrogens with zero attached hydrogens (tertiary/aromatic N) is 2. The molecule has 3 aromatic carbocycles. The first-order valence-corrected chi connectivity index (χ1v) is 11.6. The Balaban J connectivity index is 1.60.